The molecule has 0 atom stereocenters. The Morgan fingerprint density at radius 3 is 2.86 bits per heavy atom. The quantitative estimate of drug-likeness (QED) is 0.532. The van der Waals surface area contributed by atoms with Crippen LogP contribution in [0, 0.1) is 4.77 Å². The van der Waals surface area contributed by atoms with E-state index in [0.717, 1.165) is 48.8 Å². The normalized spacial score (nSPS) is 14.1. The molecule has 7 heteroatoms. The van der Waals surface area contributed by atoms with E-state index in [1.54, 1.807) is 6.26 Å². The summed E-state index contributed by atoms with van der Waals surface area (Å²) in [6.07, 6.45) is 6.61. The summed E-state index contributed by atoms with van der Waals surface area (Å²) in [5.41, 5.74) is 5.45. The van der Waals surface area contributed by atoms with E-state index in [4.69, 9.17) is 21.7 Å². The van der Waals surface area contributed by atoms with Crippen molar-refractivity contribution < 1.29 is 4.42 Å². The summed E-state index contributed by atoms with van der Waals surface area (Å²) in [6.45, 7) is 2.58. The van der Waals surface area contributed by atoms with E-state index in [9.17, 15) is 0 Å². The van der Waals surface area contributed by atoms with Gasteiger partial charge in [-0.05, 0) is 36.5 Å². The topological polar surface area (TPSA) is 62.9 Å². The predicted molar refractivity (Wildman–Crippen MR) is 109 cm³/mol. The summed E-state index contributed by atoms with van der Waals surface area (Å²) in [7, 11) is 0. The summed E-state index contributed by atoms with van der Waals surface area (Å²) in [5.74, 6) is 0.785. The van der Waals surface area contributed by atoms with Crippen LogP contribution in [0.1, 0.15) is 16.8 Å². The minimum absolute atomic E-state index is 0.552. The fourth-order valence-electron chi connectivity index (χ4n) is 3.64. The predicted octanol–water partition coefficient (Wildman–Crippen LogP) is 4.14. The summed E-state index contributed by atoms with van der Waals surface area (Å²) in [5, 5.41) is 4.81. The highest BCUT2D eigenvalue weighted by molar-refractivity contribution is 7.71. The minimum Gasteiger partial charge on any atom is -0.463 e. The van der Waals surface area contributed by atoms with Crippen LogP contribution in [0.5, 0.6) is 0 Å². The van der Waals surface area contributed by atoms with Crippen molar-refractivity contribution in [3.05, 3.63) is 82.7 Å². The molecule has 5 rings (SSSR count). The van der Waals surface area contributed by atoms with Crippen LogP contribution in [0.15, 0.2) is 65.5 Å². The first-order valence-electron chi connectivity index (χ1n) is 9.23. The van der Waals surface area contributed by atoms with Gasteiger partial charge >= 0.3 is 0 Å². The van der Waals surface area contributed by atoms with Gasteiger partial charge in [0.2, 0.25) is 0 Å². The van der Waals surface area contributed by atoms with Crippen molar-refractivity contribution in [3.63, 3.8) is 0 Å². The first-order valence-corrected chi connectivity index (χ1v) is 9.64. The Hall–Kier alpha value is -3.03. The van der Waals surface area contributed by atoms with Gasteiger partial charge in [-0.15, -0.1) is 0 Å². The summed E-state index contributed by atoms with van der Waals surface area (Å²) >= 11 is 5.14. The number of fused-ring (bicyclic) bond motifs is 1. The van der Waals surface area contributed by atoms with Gasteiger partial charge in [0.05, 0.1) is 12.0 Å². The van der Waals surface area contributed by atoms with Gasteiger partial charge in [0, 0.05) is 55.3 Å². The molecular formula is C21H19N5OS. The molecule has 1 aliphatic rings. The van der Waals surface area contributed by atoms with Crippen molar-refractivity contribution in [1.82, 2.24) is 24.6 Å². The number of para-hydroxylation sites is 1. The van der Waals surface area contributed by atoms with Crippen molar-refractivity contribution in [2.24, 2.45) is 0 Å². The molecule has 4 heterocycles. The molecule has 0 unspecified atom stereocenters. The lowest BCUT2D eigenvalue weighted by atomic mass is 10.1. The zero-order valence-electron chi connectivity index (χ0n) is 15.2. The smallest absolute Gasteiger partial charge is 0.196 e. The van der Waals surface area contributed by atoms with Crippen LogP contribution in [-0.4, -0.2) is 31.2 Å². The van der Waals surface area contributed by atoms with Gasteiger partial charge in [0.25, 0.3) is 0 Å². The van der Waals surface area contributed by atoms with Crippen LogP contribution in [0.4, 0.5) is 0 Å². The molecule has 1 aliphatic heterocycles. The second-order valence-electron chi connectivity index (χ2n) is 6.91. The molecule has 0 spiro atoms. The molecule has 1 aromatic carbocycles. The Morgan fingerprint density at radius 1 is 1.14 bits per heavy atom. The van der Waals surface area contributed by atoms with Crippen molar-refractivity contribution in [2.45, 2.75) is 19.5 Å². The van der Waals surface area contributed by atoms with Gasteiger partial charge in [0.1, 0.15) is 5.69 Å². The van der Waals surface area contributed by atoms with Crippen LogP contribution in [0.2, 0.25) is 0 Å². The Bertz CT molecular complexity index is 1150. The maximum atomic E-state index is 5.65. The number of hydrogen-bond acceptors (Lipinski definition) is 5. The number of aromatic amines is 1. The fourth-order valence-corrected chi connectivity index (χ4v) is 3.82. The molecule has 0 amide bonds. The minimum atomic E-state index is 0.552. The highest BCUT2D eigenvalue weighted by Crippen LogP contribution is 2.27. The highest BCUT2D eigenvalue weighted by atomic mass is 32.1. The second kappa shape index (κ2) is 7.18. The number of nitrogens with one attached hydrogen (secondary N) is 1. The molecule has 3 aromatic heterocycles. The van der Waals surface area contributed by atoms with E-state index in [-0.39, 0.29) is 0 Å². The van der Waals surface area contributed by atoms with Gasteiger partial charge < -0.3 is 9.40 Å². The van der Waals surface area contributed by atoms with E-state index in [2.05, 4.69) is 21.1 Å². The number of H-pyrrole nitrogens is 1. The van der Waals surface area contributed by atoms with Crippen LogP contribution in [0.25, 0.3) is 17.1 Å². The number of nitrogens with zero attached hydrogens (tertiary/aromatic N) is 4. The first kappa shape index (κ1) is 17.1. The molecule has 140 valence electrons. The lowest BCUT2D eigenvalue weighted by Gasteiger charge is -2.27. The molecule has 0 radical (unpaired) electrons. The molecule has 4 aromatic rings. The molecule has 0 fully saturated rings. The Labute approximate surface area is 167 Å². The number of benzene rings is 1. The molecule has 6 nitrogen and oxygen atoms in total. The number of hydrogen-bond donors (Lipinski definition) is 1. The van der Waals surface area contributed by atoms with Gasteiger partial charge in [-0.2, -0.15) is 5.10 Å². The van der Waals surface area contributed by atoms with Gasteiger partial charge in [-0.25, -0.2) is 9.67 Å². The summed E-state index contributed by atoms with van der Waals surface area (Å²) < 4.78 is 8.12. The molecular weight excluding hydrogens is 370 g/mol. The maximum absolute atomic E-state index is 5.65. The molecule has 0 saturated carbocycles. The molecule has 28 heavy (non-hydrogen) atoms. The lowest BCUT2D eigenvalue weighted by molar-refractivity contribution is 0.243. The summed E-state index contributed by atoms with van der Waals surface area (Å²) in [6, 6.07) is 14.0. The van der Waals surface area contributed by atoms with Crippen LogP contribution < -0.4 is 0 Å². The number of aromatic nitrogens is 4. The summed E-state index contributed by atoms with van der Waals surface area (Å²) in [4.78, 5) is 9.86. The van der Waals surface area contributed by atoms with Crippen LogP contribution >= 0.6 is 12.2 Å². The van der Waals surface area contributed by atoms with Gasteiger partial charge in [-0.1, -0.05) is 18.2 Å². The van der Waals surface area contributed by atoms with Gasteiger partial charge in [0.15, 0.2) is 10.5 Å². The monoisotopic (exact) mass is 389 g/mol. The van der Waals surface area contributed by atoms with E-state index in [1.165, 1.54) is 11.3 Å². The van der Waals surface area contributed by atoms with Crippen molar-refractivity contribution in [2.75, 3.05) is 6.54 Å². The first-order chi connectivity index (χ1) is 13.8. The number of rotatable bonds is 4. The standard InChI is InChI=1S/C21H19N5OS/c28-21-22-11-15-12-25(9-8-18(15)23-21)13-16-14-26(17-5-2-1-3-6-17)24-20(16)19-7-4-10-27-19/h1-7,10-11,14H,8-9,12-13H2,(H,22,23,28). The van der Waals surface area contributed by atoms with Crippen LogP contribution in [-0.2, 0) is 19.5 Å². The third kappa shape index (κ3) is 3.30. The molecule has 0 saturated heterocycles. The van der Waals surface area contributed by atoms with E-state index in [0.29, 0.717) is 4.77 Å². The lowest BCUT2D eigenvalue weighted by Crippen LogP contribution is -2.30. The average Bonchev–Trinajstić information content (AvgIpc) is 3.39. The van der Waals surface area contributed by atoms with Gasteiger partial charge in [-0.3, -0.25) is 4.90 Å². The largest absolute Gasteiger partial charge is 0.463 e. The average molecular weight is 389 g/mol. The zero-order chi connectivity index (χ0) is 18.9. The van der Waals surface area contributed by atoms with Crippen molar-refractivity contribution in [1.29, 1.82) is 0 Å². The van der Waals surface area contributed by atoms with E-state index in [1.807, 2.05) is 53.3 Å². The second-order valence-corrected chi connectivity index (χ2v) is 7.30. The Kier molecular flexibility index (Phi) is 4.38. The highest BCUT2D eigenvalue weighted by Gasteiger charge is 2.21. The molecule has 0 aliphatic carbocycles. The maximum Gasteiger partial charge on any atom is 0.196 e. The van der Waals surface area contributed by atoms with E-state index >= 15 is 0 Å². The Balaban J connectivity index is 1.47. The molecule has 1 N–H and O–H groups in total. The third-order valence-electron chi connectivity index (χ3n) is 5.01. The Morgan fingerprint density at radius 2 is 2.04 bits per heavy atom. The molecule has 0 bridgehead atoms. The number of furan rings is 1. The third-order valence-corrected chi connectivity index (χ3v) is 5.22. The van der Waals surface area contributed by atoms with E-state index < -0.39 is 0 Å². The van der Waals surface area contributed by atoms with Crippen molar-refractivity contribution in [3.8, 4) is 17.1 Å². The zero-order valence-corrected chi connectivity index (χ0v) is 16.0. The SMILES string of the molecule is S=c1ncc2c([nH]1)CCN(Cc1cn(-c3ccccc3)nc1-c1ccco1)C2. The van der Waals surface area contributed by atoms with Crippen molar-refractivity contribution >= 4 is 12.2 Å². The van der Waals surface area contributed by atoms with Crippen LogP contribution in [0.3, 0.4) is 0 Å². The fraction of sp³-hybridized carbons (Fsp3) is 0.190.